The maximum atomic E-state index is 12.6. The number of aliphatic hydroxyl groups excluding tert-OH is 2. The van der Waals surface area contributed by atoms with Gasteiger partial charge >= 0.3 is 5.97 Å². The van der Waals surface area contributed by atoms with E-state index in [1.54, 1.807) is 0 Å². The number of aliphatic hydroxyl groups is 2. The highest BCUT2D eigenvalue weighted by Crippen LogP contribution is 2.20. The van der Waals surface area contributed by atoms with Crippen molar-refractivity contribution < 1.29 is 24.5 Å². The molecule has 3 N–H and O–H groups in total. The van der Waals surface area contributed by atoms with E-state index >= 15 is 0 Å². The van der Waals surface area contributed by atoms with Crippen LogP contribution in [0.15, 0.2) is 12.2 Å². The molecule has 84 heavy (non-hydrogen) atoms. The quantitative estimate of drug-likeness (QED) is 0.0320. The van der Waals surface area contributed by atoms with Gasteiger partial charge in [-0.3, -0.25) is 9.59 Å². The molecule has 0 rings (SSSR count). The Hall–Kier alpha value is -1.40. The second kappa shape index (κ2) is 74.1. The van der Waals surface area contributed by atoms with E-state index in [1.807, 2.05) is 0 Å². The first kappa shape index (κ1) is 82.6. The zero-order valence-electron chi connectivity index (χ0n) is 57.4. The Labute approximate surface area is 527 Å². The third-order valence-corrected chi connectivity index (χ3v) is 18.6. The smallest absolute Gasteiger partial charge is 0.305 e. The van der Waals surface area contributed by atoms with Gasteiger partial charge < -0.3 is 20.3 Å². The van der Waals surface area contributed by atoms with E-state index in [0.717, 1.165) is 38.5 Å². The summed E-state index contributed by atoms with van der Waals surface area (Å²) in [7, 11) is 0. The van der Waals surface area contributed by atoms with Crippen molar-refractivity contribution in [3.8, 4) is 0 Å². The van der Waals surface area contributed by atoms with Crippen LogP contribution in [-0.4, -0.2) is 47.4 Å². The summed E-state index contributed by atoms with van der Waals surface area (Å²) < 4.78 is 5.51. The number of ether oxygens (including phenoxy) is 1. The zero-order valence-corrected chi connectivity index (χ0v) is 57.4. The number of hydrogen-bond acceptors (Lipinski definition) is 5. The Morgan fingerprint density at radius 2 is 0.560 bits per heavy atom. The largest absolute Gasteiger partial charge is 0.466 e. The van der Waals surface area contributed by atoms with E-state index in [1.165, 1.54) is 379 Å². The number of esters is 1. The molecule has 0 aliphatic rings. The number of allylic oxidation sites excluding steroid dienone is 2. The first-order valence-corrected chi connectivity index (χ1v) is 38.9. The van der Waals surface area contributed by atoms with Crippen LogP contribution >= 0.6 is 0 Å². The summed E-state index contributed by atoms with van der Waals surface area (Å²) in [4.78, 5) is 24.7. The Morgan fingerprint density at radius 3 is 0.845 bits per heavy atom. The van der Waals surface area contributed by atoms with Gasteiger partial charge in [0.05, 0.1) is 25.4 Å². The fourth-order valence-electron chi connectivity index (χ4n) is 12.6. The summed E-state index contributed by atoms with van der Waals surface area (Å²) in [5, 5.41) is 23.5. The molecule has 0 aliphatic carbocycles. The van der Waals surface area contributed by atoms with Crippen molar-refractivity contribution in [3.63, 3.8) is 0 Å². The predicted octanol–water partition coefficient (Wildman–Crippen LogP) is 25.5. The highest BCUT2D eigenvalue weighted by Gasteiger charge is 2.20. The van der Waals surface area contributed by atoms with Gasteiger partial charge in [0.25, 0.3) is 0 Å². The van der Waals surface area contributed by atoms with Crippen LogP contribution < -0.4 is 5.32 Å². The second-order valence-corrected chi connectivity index (χ2v) is 27.0. The fraction of sp³-hybridized carbons (Fsp3) is 0.949. The molecule has 0 bridgehead atoms. The van der Waals surface area contributed by atoms with Crippen LogP contribution in [0.4, 0.5) is 0 Å². The van der Waals surface area contributed by atoms with Gasteiger partial charge in [0.1, 0.15) is 0 Å². The molecule has 6 heteroatoms. The van der Waals surface area contributed by atoms with Gasteiger partial charge in [0, 0.05) is 12.8 Å². The number of carbonyl (C=O) groups is 2. The summed E-state index contributed by atoms with van der Waals surface area (Å²) in [5.41, 5.74) is 0. The molecule has 1 amide bonds. The van der Waals surface area contributed by atoms with Crippen LogP contribution in [0.2, 0.25) is 0 Å². The maximum absolute atomic E-state index is 12.6. The average molecular weight is 1190 g/mol. The van der Waals surface area contributed by atoms with Crippen LogP contribution in [0.5, 0.6) is 0 Å². The average Bonchev–Trinajstić information content (AvgIpc) is 3.50. The minimum Gasteiger partial charge on any atom is -0.466 e. The molecule has 0 saturated carbocycles. The number of unbranched alkanes of at least 4 members (excludes halogenated alkanes) is 61. The third-order valence-electron chi connectivity index (χ3n) is 18.6. The SMILES string of the molecule is CCCCCCCCCCCCCCCCCCCCCCCCC(O)C(CO)NC(=O)CCCCCCCCCCCCCC/C=C\CCCCCCCCCCCCCCOC(=O)CCCCCCCCCCCCCCCCCCC. The predicted molar refractivity (Wildman–Crippen MR) is 370 cm³/mol. The lowest BCUT2D eigenvalue weighted by atomic mass is 10.0. The van der Waals surface area contributed by atoms with Crippen LogP contribution in [0.1, 0.15) is 450 Å². The summed E-state index contributed by atoms with van der Waals surface area (Å²) in [6.07, 6.45) is 92.9. The van der Waals surface area contributed by atoms with Crippen LogP contribution in [-0.2, 0) is 14.3 Å². The van der Waals surface area contributed by atoms with Crippen LogP contribution in [0, 0.1) is 0 Å². The van der Waals surface area contributed by atoms with Crippen molar-refractivity contribution in [1.29, 1.82) is 0 Å². The maximum Gasteiger partial charge on any atom is 0.305 e. The van der Waals surface area contributed by atoms with Crippen molar-refractivity contribution in [3.05, 3.63) is 12.2 Å². The zero-order chi connectivity index (χ0) is 60.6. The van der Waals surface area contributed by atoms with E-state index in [-0.39, 0.29) is 18.5 Å². The normalized spacial score (nSPS) is 12.5. The number of amides is 1. The summed E-state index contributed by atoms with van der Waals surface area (Å²) in [6, 6.07) is -0.542. The van der Waals surface area contributed by atoms with Crippen molar-refractivity contribution in [1.82, 2.24) is 5.32 Å². The van der Waals surface area contributed by atoms with Gasteiger partial charge in [-0.15, -0.1) is 0 Å². The lowest BCUT2D eigenvalue weighted by molar-refractivity contribution is -0.143. The van der Waals surface area contributed by atoms with E-state index in [0.29, 0.717) is 25.9 Å². The van der Waals surface area contributed by atoms with Crippen molar-refractivity contribution in [2.75, 3.05) is 13.2 Å². The molecule has 0 aromatic carbocycles. The molecular formula is C78H153NO5. The molecule has 0 fully saturated rings. The fourth-order valence-corrected chi connectivity index (χ4v) is 12.6. The Morgan fingerprint density at radius 1 is 0.321 bits per heavy atom. The second-order valence-electron chi connectivity index (χ2n) is 27.0. The highest BCUT2D eigenvalue weighted by atomic mass is 16.5. The van der Waals surface area contributed by atoms with Crippen molar-refractivity contribution in [2.45, 2.75) is 463 Å². The lowest BCUT2D eigenvalue weighted by Gasteiger charge is -2.22. The molecule has 500 valence electrons. The van der Waals surface area contributed by atoms with E-state index in [2.05, 4.69) is 31.3 Å². The highest BCUT2D eigenvalue weighted by molar-refractivity contribution is 5.76. The first-order valence-electron chi connectivity index (χ1n) is 38.9. The molecule has 0 saturated heterocycles. The summed E-state index contributed by atoms with van der Waals surface area (Å²) in [6.45, 7) is 5.01. The Balaban J connectivity index is 3.36. The molecule has 6 nitrogen and oxygen atoms in total. The lowest BCUT2D eigenvalue weighted by Crippen LogP contribution is -2.45. The topological polar surface area (TPSA) is 95.9 Å². The van der Waals surface area contributed by atoms with Gasteiger partial charge in [-0.2, -0.15) is 0 Å². The molecule has 0 aromatic rings. The molecule has 2 atom stereocenters. The van der Waals surface area contributed by atoms with Crippen LogP contribution in [0.3, 0.4) is 0 Å². The molecule has 0 aromatic heterocycles. The summed E-state index contributed by atoms with van der Waals surface area (Å²) >= 11 is 0. The van der Waals surface area contributed by atoms with Crippen molar-refractivity contribution >= 4 is 11.9 Å². The Bertz CT molecular complexity index is 1270. The van der Waals surface area contributed by atoms with Crippen molar-refractivity contribution in [2.24, 2.45) is 0 Å². The monoisotopic (exact) mass is 1180 g/mol. The number of rotatable bonds is 74. The standard InChI is InChI=1S/C78H153NO5/c1-3-5-7-9-11-13-15-17-19-21-22-23-32-35-39-42-46-50-54-58-62-66-70-76(81)75(74-80)79-77(82)71-67-63-59-55-51-47-43-40-36-33-30-28-26-24-25-27-29-31-34-37-41-45-49-53-57-61-65-69-73-84-78(83)72-68-64-60-56-52-48-44-38-20-18-16-14-12-10-8-6-4-2/h24-25,75-76,80-81H,3-23,26-74H2,1-2H3,(H,79,82)/b25-24-. The number of nitrogens with one attached hydrogen (secondary N) is 1. The first-order chi connectivity index (χ1) is 41.5. The van der Waals surface area contributed by atoms with Gasteiger partial charge in [0.2, 0.25) is 5.91 Å². The molecule has 0 radical (unpaired) electrons. The minimum atomic E-state index is -0.665. The minimum absolute atomic E-state index is 0.0212. The molecule has 0 heterocycles. The molecular weight excluding hydrogens is 1030 g/mol. The van der Waals surface area contributed by atoms with E-state index in [9.17, 15) is 19.8 Å². The number of hydrogen-bond donors (Lipinski definition) is 3. The molecule has 0 spiro atoms. The van der Waals surface area contributed by atoms with Gasteiger partial charge in [0.15, 0.2) is 0 Å². The van der Waals surface area contributed by atoms with Gasteiger partial charge in [-0.05, 0) is 51.4 Å². The van der Waals surface area contributed by atoms with E-state index in [4.69, 9.17) is 4.74 Å². The number of carbonyl (C=O) groups excluding carboxylic acids is 2. The van der Waals surface area contributed by atoms with Gasteiger partial charge in [-0.25, -0.2) is 0 Å². The molecule has 2 unspecified atom stereocenters. The Kier molecular flexibility index (Phi) is 72.8. The van der Waals surface area contributed by atoms with Gasteiger partial charge in [-0.1, -0.05) is 398 Å². The summed E-state index contributed by atoms with van der Waals surface area (Å²) in [5.74, 6) is -0.00805. The molecule has 0 aliphatic heterocycles. The van der Waals surface area contributed by atoms with E-state index < -0.39 is 12.1 Å². The third kappa shape index (κ3) is 69.7. The van der Waals surface area contributed by atoms with Crippen LogP contribution in [0.25, 0.3) is 0 Å².